The smallest absolute Gasteiger partial charge is 0.0755 e. The van der Waals surface area contributed by atoms with Crippen molar-refractivity contribution in [1.82, 2.24) is 4.90 Å². The minimum Gasteiger partial charge on any atom is -0.377 e. The lowest BCUT2D eigenvalue weighted by molar-refractivity contribution is 0.126. The highest BCUT2D eigenvalue weighted by atomic mass is 16.5. The number of hydrogen-bond acceptors (Lipinski definition) is 3. The Morgan fingerprint density at radius 2 is 2.00 bits per heavy atom. The summed E-state index contributed by atoms with van der Waals surface area (Å²) in [5, 5.41) is 0. The van der Waals surface area contributed by atoms with Gasteiger partial charge in [-0.1, -0.05) is 37.6 Å². The molecule has 1 aliphatic rings. The number of nitrogens with zero attached hydrogens (tertiary/aromatic N) is 1. The fraction of sp³-hybridized carbons (Fsp3) is 0.765. The number of hydrogen-bond donors (Lipinski definition) is 0. The normalized spacial score (nSPS) is 27.4. The molecule has 0 fully saturated rings. The predicted octanol–water partition coefficient (Wildman–Crippen LogP) is 3.66. The fourth-order valence-corrected chi connectivity index (χ4v) is 1.95. The van der Waals surface area contributed by atoms with Crippen LogP contribution in [0, 0.1) is 0 Å². The van der Waals surface area contributed by atoms with Gasteiger partial charge >= 0.3 is 0 Å². The first-order valence-electron chi connectivity index (χ1n) is 7.83. The maximum absolute atomic E-state index is 5.66. The maximum atomic E-state index is 5.66. The van der Waals surface area contributed by atoms with Crippen molar-refractivity contribution in [3.63, 3.8) is 0 Å². The van der Waals surface area contributed by atoms with Gasteiger partial charge in [-0.05, 0) is 33.2 Å². The van der Waals surface area contributed by atoms with Crippen molar-refractivity contribution in [3.05, 3.63) is 23.8 Å². The van der Waals surface area contributed by atoms with Gasteiger partial charge in [0.2, 0.25) is 0 Å². The van der Waals surface area contributed by atoms with Crippen molar-refractivity contribution < 1.29 is 9.47 Å². The molecule has 0 radical (unpaired) electrons. The molecule has 0 saturated heterocycles. The Hall–Kier alpha value is -0.640. The zero-order valence-corrected chi connectivity index (χ0v) is 14.0. The van der Waals surface area contributed by atoms with E-state index in [1.165, 1.54) is 5.57 Å². The molecule has 20 heavy (non-hydrogen) atoms. The summed E-state index contributed by atoms with van der Waals surface area (Å²) in [5.74, 6) is 0. The summed E-state index contributed by atoms with van der Waals surface area (Å²) in [5.41, 5.74) is 1.31. The second-order valence-electron chi connectivity index (χ2n) is 4.97. The van der Waals surface area contributed by atoms with E-state index in [0.29, 0.717) is 0 Å². The van der Waals surface area contributed by atoms with E-state index in [2.05, 4.69) is 37.1 Å². The van der Waals surface area contributed by atoms with Crippen LogP contribution in [0.15, 0.2) is 23.8 Å². The van der Waals surface area contributed by atoms with Crippen molar-refractivity contribution in [1.29, 1.82) is 0 Å². The Labute approximate surface area is 125 Å². The summed E-state index contributed by atoms with van der Waals surface area (Å²) < 4.78 is 11.1. The van der Waals surface area contributed by atoms with Gasteiger partial charge in [0, 0.05) is 20.2 Å². The molecule has 3 nitrogen and oxygen atoms in total. The molecule has 0 saturated carbocycles. The minimum absolute atomic E-state index is 0.239. The van der Waals surface area contributed by atoms with Crippen LogP contribution in [0.5, 0.6) is 0 Å². The molecule has 0 aromatic heterocycles. The van der Waals surface area contributed by atoms with E-state index < -0.39 is 0 Å². The number of methoxy groups -OCH3 is 1. The molecule has 0 N–H and O–H groups in total. The van der Waals surface area contributed by atoms with Crippen LogP contribution in [0.4, 0.5) is 0 Å². The largest absolute Gasteiger partial charge is 0.377 e. The molecular formula is C17H33NO2. The average Bonchev–Trinajstić information content (AvgIpc) is 2.47. The van der Waals surface area contributed by atoms with E-state index in [9.17, 15) is 0 Å². The van der Waals surface area contributed by atoms with Gasteiger partial charge < -0.3 is 14.4 Å². The number of ether oxygens (including phenoxy) is 2. The van der Waals surface area contributed by atoms with Crippen LogP contribution in [0.1, 0.15) is 40.0 Å². The van der Waals surface area contributed by atoms with Crippen LogP contribution in [0.3, 0.4) is 0 Å². The summed E-state index contributed by atoms with van der Waals surface area (Å²) in [7, 11) is 3.92. The van der Waals surface area contributed by atoms with Gasteiger partial charge in [-0.2, -0.15) is 0 Å². The topological polar surface area (TPSA) is 21.7 Å². The van der Waals surface area contributed by atoms with Gasteiger partial charge in [-0.15, -0.1) is 0 Å². The second-order valence-corrected chi connectivity index (χ2v) is 4.97. The molecule has 0 aromatic carbocycles. The molecule has 118 valence electrons. The molecule has 1 aliphatic heterocycles. The Balaban J connectivity index is 0.00000172. The number of allylic oxidation sites excluding steroid dienone is 1. The van der Waals surface area contributed by atoms with Crippen molar-refractivity contribution in [3.8, 4) is 0 Å². The maximum Gasteiger partial charge on any atom is 0.0755 e. The molecular weight excluding hydrogens is 250 g/mol. The lowest BCUT2D eigenvalue weighted by Crippen LogP contribution is -2.24. The van der Waals surface area contributed by atoms with E-state index in [-0.39, 0.29) is 6.10 Å². The fourth-order valence-electron chi connectivity index (χ4n) is 1.95. The standard InChI is InChI=1S/C15H27NO2.C2H6/c1-14-7-6-9-15(17-3)8-4-5-10-16(2)11-12-18-13-14;1-2/h4,7-8,15H,5-6,9-13H2,1-3H3;1-2H3/b8-4+,14-7-;. The number of rotatable bonds is 1. The van der Waals surface area contributed by atoms with E-state index in [4.69, 9.17) is 9.47 Å². The van der Waals surface area contributed by atoms with Gasteiger partial charge in [0.05, 0.1) is 19.3 Å². The quantitative estimate of drug-likeness (QED) is 0.686. The number of likely N-dealkylation sites (N-methyl/N-ethyl adjacent to an activating group) is 1. The average molecular weight is 283 g/mol. The van der Waals surface area contributed by atoms with Gasteiger partial charge in [0.25, 0.3) is 0 Å². The highest BCUT2D eigenvalue weighted by Crippen LogP contribution is 2.07. The van der Waals surface area contributed by atoms with E-state index in [1.807, 2.05) is 13.8 Å². The molecule has 1 rings (SSSR count). The second kappa shape index (κ2) is 13.3. The zero-order chi connectivity index (χ0) is 15.2. The van der Waals surface area contributed by atoms with Gasteiger partial charge in [-0.25, -0.2) is 0 Å². The van der Waals surface area contributed by atoms with Crippen molar-refractivity contribution in [2.45, 2.75) is 46.1 Å². The van der Waals surface area contributed by atoms with Crippen LogP contribution in [0.2, 0.25) is 0 Å². The molecule has 0 aromatic rings. The summed E-state index contributed by atoms with van der Waals surface area (Å²) >= 11 is 0. The highest BCUT2D eigenvalue weighted by molar-refractivity contribution is 4.99. The van der Waals surface area contributed by atoms with Crippen LogP contribution in [-0.2, 0) is 9.47 Å². The van der Waals surface area contributed by atoms with Gasteiger partial charge in [-0.3, -0.25) is 0 Å². The monoisotopic (exact) mass is 283 g/mol. The SMILES string of the molecule is CC.COC1/C=C/CCN(C)CCOC/C(C)=C\CC1. The third-order valence-corrected chi connectivity index (χ3v) is 3.22. The Bertz CT molecular complexity index is 274. The molecule has 0 spiro atoms. The predicted molar refractivity (Wildman–Crippen MR) is 87.2 cm³/mol. The first kappa shape index (κ1) is 19.4. The summed E-state index contributed by atoms with van der Waals surface area (Å²) in [6, 6.07) is 0. The first-order valence-corrected chi connectivity index (χ1v) is 7.83. The van der Waals surface area contributed by atoms with Crippen molar-refractivity contribution in [2.24, 2.45) is 0 Å². The van der Waals surface area contributed by atoms with Gasteiger partial charge in [0.15, 0.2) is 0 Å². The Kier molecular flexibility index (Phi) is 12.9. The first-order chi connectivity index (χ1) is 9.72. The van der Waals surface area contributed by atoms with Crippen LogP contribution in [0.25, 0.3) is 0 Å². The summed E-state index contributed by atoms with van der Waals surface area (Å²) in [4.78, 5) is 2.30. The molecule has 0 bridgehead atoms. The molecule has 3 heteroatoms. The van der Waals surface area contributed by atoms with Crippen molar-refractivity contribution in [2.75, 3.05) is 40.5 Å². The third-order valence-electron chi connectivity index (χ3n) is 3.22. The van der Waals surface area contributed by atoms with Crippen LogP contribution < -0.4 is 0 Å². The Morgan fingerprint density at radius 1 is 1.25 bits per heavy atom. The minimum atomic E-state index is 0.239. The summed E-state index contributed by atoms with van der Waals surface area (Å²) in [6.07, 6.45) is 10.1. The molecule has 1 atom stereocenters. The molecule has 1 heterocycles. The van der Waals surface area contributed by atoms with E-state index in [1.54, 1.807) is 7.11 Å². The highest BCUT2D eigenvalue weighted by Gasteiger charge is 2.03. The van der Waals surface area contributed by atoms with Crippen LogP contribution in [-0.4, -0.2) is 51.5 Å². The summed E-state index contributed by atoms with van der Waals surface area (Å²) in [6.45, 7) is 9.76. The molecule has 1 unspecified atom stereocenters. The third kappa shape index (κ3) is 10.2. The van der Waals surface area contributed by atoms with Crippen molar-refractivity contribution >= 4 is 0 Å². The molecule has 0 aliphatic carbocycles. The molecule has 0 amide bonds. The van der Waals surface area contributed by atoms with Gasteiger partial charge in [0.1, 0.15) is 0 Å². The van der Waals surface area contributed by atoms with Crippen LogP contribution >= 0.6 is 0 Å². The Morgan fingerprint density at radius 3 is 2.70 bits per heavy atom. The zero-order valence-electron chi connectivity index (χ0n) is 14.0. The lowest BCUT2D eigenvalue weighted by Gasteiger charge is -2.16. The van der Waals surface area contributed by atoms with E-state index in [0.717, 1.165) is 45.6 Å². The lowest BCUT2D eigenvalue weighted by atomic mass is 10.1. The van der Waals surface area contributed by atoms with E-state index >= 15 is 0 Å².